The van der Waals surface area contributed by atoms with Gasteiger partial charge in [-0.3, -0.25) is 19.2 Å². The molecule has 3 saturated carbocycles. The van der Waals surface area contributed by atoms with E-state index in [0.29, 0.717) is 49.8 Å². The number of nitrogens with one attached hydrogen (secondary N) is 2. The molecule has 9 heterocycles. The molecule has 71 heavy (non-hydrogen) atoms. The van der Waals surface area contributed by atoms with E-state index in [9.17, 15) is 19.2 Å². The van der Waals surface area contributed by atoms with Crippen LogP contribution in [0.2, 0.25) is 0 Å². The fourth-order valence-corrected chi connectivity index (χ4v) is 12.3. The Morgan fingerprint density at radius 3 is 1.46 bits per heavy atom. The molecule has 17 heteroatoms. The Kier molecular flexibility index (Phi) is 9.98. The van der Waals surface area contributed by atoms with Gasteiger partial charge >= 0.3 is 0 Å². The van der Waals surface area contributed by atoms with Crippen molar-refractivity contribution in [1.29, 1.82) is 0 Å². The number of fused-ring (bicyclic) bond motifs is 6. The summed E-state index contributed by atoms with van der Waals surface area (Å²) in [6, 6.07) is 17.4. The maximum atomic E-state index is 13.2. The molecule has 5 aliphatic heterocycles. The average molecular weight is 958 g/mol. The molecule has 2 N–H and O–H groups in total. The summed E-state index contributed by atoms with van der Waals surface area (Å²) in [7, 11) is 5.78. The number of benzene rings is 2. The highest BCUT2D eigenvalue weighted by Crippen LogP contribution is 2.54. The second kappa shape index (κ2) is 16.1. The van der Waals surface area contributed by atoms with E-state index in [4.69, 9.17) is 29.4 Å². The number of aromatic nitrogens is 6. The normalized spacial score (nSPS) is 23.6. The zero-order valence-electron chi connectivity index (χ0n) is 40.9. The number of anilines is 2. The Morgan fingerprint density at radius 2 is 1.07 bits per heavy atom. The molecule has 6 fully saturated rings. The highest BCUT2D eigenvalue weighted by atomic mass is 16.5. The van der Waals surface area contributed by atoms with Crippen LogP contribution < -0.4 is 29.9 Å². The Morgan fingerprint density at radius 1 is 0.620 bits per heavy atom. The highest BCUT2D eigenvalue weighted by Gasteiger charge is 2.56. The van der Waals surface area contributed by atoms with Crippen LogP contribution in [0.3, 0.4) is 0 Å². The SMILES string of the molecule is C[C@@H](Oc1nc(-c2ccc3c(c2)N(C)C(=O)C32CCC2)cc2ncn(C3CC3)c12)[C@H]1CNC(=O)C1.C[C@@H](Oc1nc(-c2ccc3c(c2)N(C)C(=O)C32CN(C)C2)cc2ncn(C3CC3)c12)[C@H]1CNC(=O)C1. The molecule has 2 spiro atoms. The van der Waals surface area contributed by atoms with E-state index in [1.54, 1.807) is 4.90 Å². The van der Waals surface area contributed by atoms with Crippen LogP contribution in [0.1, 0.15) is 94.8 Å². The quantitative estimate of drug-likeness (QED) is 0.159. The molecule has 0 bridgehead atoms. The fourth-order valence-electron chi connectivity index (χ4n) is 12.3. The van der Waals surface area contributed by atoms with Gasteiger partial charge in [-0.15, -0.1) is 0 Å². The second-order valence-corrected chi connectivity index (χ2v) is 21.7. The molecular formula is C54H59N11O6. The summed E-state index contributed by atoms with van der Waals surface area (Å²) in [4.78, 5) is 74.9. The van der Waals surface area contributed by atoms with E-state index < -0.39 is 5.41 Å². The minimum atomic E-state index is -0.422. The lowest BCUT2D eigenvalue weighted by Gasteiger charge is -2.44. The van der Waals surface area contributed by atoms with Gasteiger partial charge < -0.3 is 43.9 Å². The van der Waals surface area contributed by atoms with E-state index >= 15 is 0 Å². The van der Waals surface area contributed by atoms with Gasteiger partial charge in [0.1, 0.15) is 28.7 Å². The van der Waals surface area contributed by atoms with Crippen LogP contribution in [0.4, 0.5) is 11.4 Å². The number of ether oxygens (including phenoxy) is 2. The lowest BCUT2D eigenvalue weighted by molar-refractivity contribution is -0.128. The Balaban J connectivity index is 0.000000139. The third-order valence-electron chi connectivity index (χ3n) is 16.9. The topological polar surface area (TPSA) is 182 Å². The first-order chi connectivity index (χ1) is 34.3. The molecule has 0 unspecified atom stereocenters. The Labute approximate surface area is 411 Å². The average Bonchev–Trinajstić information content (AvgIpc) is 4.09. The first-order valence-electron chi connectivity index (χ1n) is 25.4. The van der Waals surface area contributed by atoms with Gasteiger partial charge in [0.2, 0.25) is 35.4 Å². The van der Waals surface area contributed by atoms with Gasteiger partial charge in [-0.25, -0.2) is 19.9 Å². The number of hydrogen-bond donors (Lipinski definition) is 2. The van der Waals surface area contributed by atoms with Crippen LogP contribution in [0.15, 0.2) is 61.2 Å². The van der Waals surface area contributed by atoms with Crippen LogP contribution in [0.5, 0.6) is 11.8 Å². The molecule has 3 aliphatic carbocycles. The van der Waals surface area contributed by atoms with Crippen molar-refractivity contribution in [2.24, 2.45) is 11.8 Å². The summed E-state index contributed by atoms with van der Waals surface area (Å²) in [5, 5.41) is 5.81. The van der Waals surface area contributed by atoms with E-state index in [1.165, 1.54) is 0 Å². The number of hydrogen-bond acceptors (Lipinski definition) is 11. The van der Waals surface area contributed by atoms with Crippen molar-refractivity contribution in [2.75, 3.05) is 57.1 Å². The minimum absolute atomic E-state index is 0.0672. The van der Waals surface area contributed by atoms with Gasteiger partial charge in [0, 0.05) is 99.5 Å². The van der Waals surface area contributed by atoms with Crippen molar-refractivity contribution >= 4 is 57.1 Å². The van der Waals surface area contributed by atoms with E-state index in [0.717, 1.165) is 125 Å². The number of carbonyl (C=O) groups excluding carboxylic acids is 4. The zero-order chi connectivity index (χ0) is 48.7. The van der Waals surface area contributed by atoms with Crippen molar-refractivity contribution in [2.45, 2.75) is 107 Å². The molecule has 17 nitrogen and oxygen atoms in total. The van der Waals surface area contributed by atoms with E-state index in [1.807, 2.05) is 64.7 Å². The van der Waals surface area contributed by atoms with Crippen LogP contribution >= 0.6 is 0 Å². The van der Waals surface area contributed by atoms with Crippen molar-refractivity contribution in [3.05, 3.63) is 72.3 Å². The van der Waals surface area contributed by atoms with E-state index in [2.05, 4.69) is 61.1 Å². The molecule has 4 aromatic heterocycles. The largest absolute Gasteiger partial charge is 0.473 e. The number of likely N-dealkylation sites (N-methyl/N-ethyl adjacent to an activating group) is 3. The summed E-state index contributed by atoms with van der Waals surface area (Å²) in [5.74, 6) is 1.84. The van der Waals surface area contributed by atoms with Gasteiger partial charge in [-0.1, -0.05) is 30.7 Å². The summed E-state index contributed by atoms with van der Waals surface area (Å²) >= 11 is 0. The monoisotopic (exact) mass is 957 g/mol. The summed E-state index contributed by atoms with van der Waals surface area (Å²) in [6.45, 7) is 6.76. The molecule has 14 rings (SSSR count). The molecular weight excluding hydrogens is 899 g/mol. The fraction of sp³-hybridized carbons (Fsp3) is 0.481. The van der Waals surface area contributed by atoms with Crippen LogP contribution in [0.25, 0.3) is 44.6 Å². The van der Waals surface area contributed by atoms with Crippen molar-refractivity contribution in [3.63, 3.8) is 0 Å². The van der Waals surface area contributed by atoms with Gasteiger partial charge in [0.05, 0.1) is 40.5 Å². The van der Waals surface area contributed by atoms with Crippen molar-refractivity contribution in [3.8, 4) is 34.3 Å². The first-order valence-corrected chi connectivity index (χ1v) is 25.4. The van der Waals surface area contributed by atoms with Crippen LogP contribution in [-0.2, 0) is 30.0 Å². The molecule has 366 valence electrons. The van der Waals surface area contributed by atoms with Crippen molar-refractivity contribution in [1.82, 2.24) is 44.6 Å². The predicted molar refractivity (Wildman–Crippen MR) is 266 cm³/mol. The van der Waals surface area contributed by atoms with Crippen LogP contribution in [-0.4, -0.2) is 117 Å². The molecule has 6 aromatic rings. The standard InChI is InChI=1S/C27H30N6O3.C27H29N5O3/c1-15(17-9-23(34)28-11-17)36-25-24-21(29-14-33(24)18-5-6-18)10-20(30-25)16-4-7-19-22(8-16)32(3)26(35)27(19)12-31(2)13-27;1-15(17-11-23(33)28-13-17)35-25-24-21(29-14-32(24)18-5-6-18)12-20(30-25)16-4-7-19-22(10-16)31(2)26(34)27(19)8-3-9-27/h4,7-8,10,14-15,17-18H,5-6,9,11-13H2,1-3H3,(H,28,34);4,7,10,12,14-15,17-18H,3,5-6,8-9,11,13H2,1-2H3,(H,28,33)/t2*15-,17-/m11/s1. The lowest BCUT2D eigenvalue weighted by Crippen LogP contribution is -2.62. The number of carbonyl (C=O) groups is 4. The number of rotatable bonds is 10. The maximum absolute atomic E-state index is 13.2. The summed E-state index contributed by atoms with van der Waals surface area (Å²) in [5.41, 5.74) is 10.4. The summed E-state index contributed by atoms with van der Waals surface area (Å²) < 4.78 is 17.3. The van der Waals surface area contributed by atoms with Gasteiger partial charge in [-0.05, 0) is 94.8 Å². The smallest absolute Gasteiger partial charge is 0.241 e. The molecule has 0 radical (unpaired) electrons. The highest BCUT2D eigenvalue weighted by molar-refractivity contribution is 6.10. The van der Waals surface area contributed by atoms with E-state index in [-0.39, 0.29) is 53.1 Å². The third-order valence-corrected chi connectivity index (χ3v) is 16.9. The van der Waals surface area contributed by atoms with Gasteiger partial charge in [0.15, 0.2) is 0 Å². The molecule has 4 atom stereocenters. The number of nitrogens with zero attached hydrogens (tertiary/aromatic N) is 9. The second-order valence-electron chi connectivity index (χ2n) is 21.7. The number of pyridine rings is 2. The first kappa shape index (κ1) is 44.1. The predicted octanol–water partition coefficient (Wildman–Crippen LogP) is 6.23. The minimum Gasteiger partial charge on any atom is -0.473 e. The Bertz CT molecular complexity index is 3230. The maximum Gasteiger partial charge on any atom is 0.241 e. The zero-order valence-corrected chi connectivity index (χ0v) is 40.9. The molecule has 2 aromatic carbocycles. The molecule has 4 amide bonds. The molecule has 8 aliphatic rings. The van der Waals surface area contributed by atoms with Crippen LogP contribution in [0, 0.1) is 11.8 Å². The number of imidazole rings is 2. The number of amides is 4. The summed E-state index contributed by atoms with van der Waals surface area (Å²) in [6.07, 6.45) is 11.9. The molecule has 3 saturated heterocycles. The van der Waals surface area contributed by atoms with Crippen molar-refractivity contribution < 1.29 is 28.7 Å². The lowest BCUT2D eigenvalue weighted by atomic mass is 9.65. The van der Waals surface area contributed by atoms with Gasteiger partial charge in [-0.2, -0.15) is 0 Å². The number of likely N-dealkylation sites (tertiary alicyclic amines) is 1. The third kappa shape index (κ3) is 7.03. The van der Waals surface area contributed by atoms with Gasteiger partial charge in [0.25, 0.3) is 0 Å². The Hall–Kier alpha value is -6.88.